The molecule has 2 rings (SSSR count). The van der Waals surface area contributed by atoms with Crippen LogP contribution in [0.5, 0.6) is 11.5 Å². The molecule has 5 heteroatoms. The quantitative estimate of drug-likeness (QED) is 0.458. The van der Waals surface area contributed by atoms with Gasteiger partial charge in [0.15, 0.2) is 0 Å². The molecule has 0 aliphatic rings. The second-order valence-electron chi connectivity index (χ2n) is 6.23. The Morgan fingerprint density at radius 3 is 2.31 bits per heavy atom. The van der Waals surface area contributed by atoms with Crippen LogP contribution in [0.3, 0.4) is 0 Å². The number of nitrogen functional groups attached to an aromatic ring is 1. The standard InChI is InChI=1S/C21H27ClN2O2/c1-5-7-15-18(25-3)12-19(26-4)21(22)20(15)13-9-10-14(17(24)11-13)16(23)8-6-2/h9-12,23H,5-8,24H2,1-4H3. The van der Waals surface area contributed by atoms with Crippen molar-refractivity contribution >= 4 is 23.0 Å². The van der Waals surface area contributed by atoms with Gasteiger partial charge in [0.25, 0.3) is 0 Å². The molecule has 0 atom stereocenters. The zero-order valence-corrected chi connectivity index (χ0v) is 16.7. The van der Waals surface area contributed by atoms with Gasteiger partial charge in [-0.05, 0) is 24.5 Å². The van der Waals surface area contributed by atoms with Crippen LogP contribution in [0.4, 0.5) is 5.69 Å². The van der Waals surface area contributed by atoms with Crippen LogP contribution in [-0.2, 0) is 6.42 Å². The number of hydrogen-bond donors (Lipinski definition) is 2. The number of halogens is 1. The first kappa shape index (κ1) is 20.1. The lowest BCUT2D eigenvalue weighted by Gasteiger charge is -2.19. The van der Waals surface area contributed by atoms with E-state index in [2.05, 4.69) is 13.8 Å². The highest BCUT2D eigenvalue weighted by Crippen LogP contribution is 2.44. The van der Waals surface area contributed by atoms with Gasteiger partial charge in [0.2, 0.25) is 0 Å². The number of anilines is 1. The number of hydrogen-bond acceptors (Lipinski definition) is 4. The number of nitrogens with one attached hydrogen (secondary N) is 1. The summed E-state index contributed by atoms with van der Waals surface area (Å²) in [6, 6.07) is 7.58. The third-order valence-corrected chi connectivity index (χ3v) is 4.78. The van der Waals surface area contributed by atoms with E-state index in [4.69, 9.17) is 32.2 Å². The Morgan fingerprint density at radius 1 is 1.08 bits per heavy atom. The summed E-state index contributed by atoms with van der Waals surface area (Å²) < 4.78 is 11.0. The third kappa shape index (κ3) is 3.96. The maximum atomic E-state index is 8.18. The molecule has 2 aromatic rings. The van der Waals surface area contributed by atoms with E-state index in [1.54, 1.807) is 14.2 Å². The first-order valence-electron chi connectivity index (χ1n) is 8.89. The summed E-state index contributed by atoms with van der Waals surface area (Å²) in [5, 5.41) is 8.73. The minimum absolute atomic E-state index is 0.549. The number of methoxy groups -OCH3 is 2. The largest absolute Gasteiger partial charge is 0.496 e. The van der Waals surface area contributed by atoms with Crippen LogP contribution >= 0.6 is 11.6 Å². The van der Waals surface area contributed by atoms with Crippen molar-refractivity contribution in [1.29, 1.82) is 5.41 Å². The van der Waals surface area contributed by atoms with Gasteiger partial charge in [-0.1, -0.05) is 50.4 Å². The number of benzene rings is 2. The van der Waals surface area contributed by atoms with Gasteiger partial charge < -0.3 is 20.6 Å². The zero-order chi connectivity index (χ0) is 19.3. The molecular formula is C21H27ClN2O2. The van der Waals surface area contributed by atoms with E-state index in [1.165, 1.54) is 0 Å². The molecule has 3 N–H and O–H groups in total. The number of nitrogens with two attached hydrogens (primary N) is 1. The fourth-order valence-electron chi connectivity index (χ4n) is 3.16. The van der Waals surface area contributed by atoms with Crippen molar-refractivity contribution in [2.24, 2.45) is 0 Å². The Labute approximate surface area is 160 Å². The zero-order valence-electron chi connectivity index (χ0n) is 15.9. The third-order valence-electron chi connectivity index (χ3n) is 4.40. The molecule has 26 heavy (non-hydrogen) atoms. The van der Waals surface area contributed by atoms with E-state index >= 15 is 0 Å². The van der Waals surface area contributed by atoms with Crippen LogP contribution in [0.2, 0.25) is 5.02 Å². The van der Waals surface area contributed by atoms with Crippen LogP contribution in [-0.4, -0.2) is 19.9 Å². The predicted molar refractivity (Wildman–Crippen MR) is 110 cm³/mol. The lowest BCUT2D eigenvalue weighted by atomic mass is 9.93. The molecule has 2 aromatic carbocycles. The average Bonchev–Trinajstić information content (AvgIpc) is 2.62. The predicted octanol–water partition coefficient (Wildman–Crippen LogP) is 5.73. The molecule has 0 radical (unpaired) electrons. The van der Waals surface area contributed by atoms with Crippen molar-refractivity contribution in [3.63, 3.8) is 0 Å². The van der Waals surface area contributed by atoms with Crippen molar-refractivity contribution in [3.05, 3.63) is 40.4 Å². The van der Waals surface area contributed by atoms with Crippen molar-refractivity contribution < 1.29 is 9.47 Å². The van der Waals surface area contributed by atoms with Crippen LogP contribution < -0.4 is 15.2 Å². The molecule has 0 fully saturated rings. The van der Waals surface area contributed by atoms with Gasteiger partial charge in [-0.2, -0.15) is 0 Å². The Bertz CT molecular complexity index is 803. The van der Waals surface area contributed by atoms with Gasteiger partial charge in [-0.25, -0.2) is 0 Å². The van der Waals surface area contributed by atoms with Gasteiger partial charge in [0, 0.05) is 34.2 Å². The molecule has 0 unspecified atom stereocenters. The van der Waals surface area contributed by atoms with Gasteiger partial charge in [0.1, 0.15) is 11.5 Å². The normalized spacial score (nSPS) is 10.7. The van der Waals surface area contributed by atoms with E-state index in [0.29, 0.717) is 28.6 Å². The van der Waals surface area contributed by atoms with E-state index < -0.39 is 0 Å². The van der Waals surface area contributed by atoms with E-state index in [1.807, 2.05) is 24.3 Å². The summed E-state index contributed by atoms with van der Waals surface area (Å²) >= 11 is 6.65. The highest BCUT2D eigenvalue weighted by molar-refractivity contribution is 6.35. The van der Waals surface area contributed by atoms with Crippen molar-refractivity contribution in [2.75, 3.05) is 20.0 Å². The van der Waals surface area contributed by atoms with E-state index in [-0.39, 0.29) is 0 Å². The van der Waals surface area contributed by atoms with Crippen LogP contribution in [0.25, 0.3) is 11.1 Å². The van der Waals surface area contributed by atoms with Crippen LogP contribution in [0, 0.1) is 5.41 Å². The van der Waals surface area contributed by atoms with Crippen molar-refractivity contribution in [3.8, 4) is 22.6 Å². The molecule has 0 aromatic heterocycles. The van der Waals surface area contributed by atoms with Crippen molar-refractivity contribution in [2.45, 2.75) is 39.5 Å². The minimum atomic E-state index is 0.549. The lowest BCUT2D eigenvalue weighted by molar-refractivity contribution is 0.391. The smallest absolute Gasteiger partial charge is 0.141 e. The second kappa shape index (κ2) is 8.95. The fraction of sp³-hybridized carbons (Fsp3) is 0.381. The first-order chi connectivity index (χ1) is 12.5. The van der Waals surface area contributed by atoms with Gasteiger partial charge in [-0.3, -0.25) is 0 Å². The molecule has 0 aliphatic carbocycles. The maximum absolute atomic E-state index is 8.18. The Morgan fingerprint density at radius 2 is 1.77 bits per heavy atom. The average molecular weight is 375 g/mol. The summed E-state index contributed by atoms with van der Waals surface area (Å²) in [5.41, 5.74) is 11.0. The summed E-state index contributed by atoms with van der Waals surface area (Å²) in [6.45, 7) is 4.17. The minimum Gasteiger partial charge on any atom is -0.496 e. The Hall–Kier alpha value is -2.20. The number of ether oxygens (including phenoxy) is 2. The van der Waals surface area contributed by atoms with Crippen LogP contribution in [0.15, 0.2) is 24.3 Å². The van der Waals surface area contributed by atoms with Gasteiger partial charge in [-0.15, -0.1) is 0 Å². The summed E-state index contributed by atoms with van der Waals surface area (Å²) in [6.07, 6.45) is 3.41. The van der Waals surface area contributed by atoms with E-state index in [9.17, 15) is 0 Å². The molecule has 0 saturated carbocycles. The molecule has 140 valence electrons. The monoisotopic (exact) mass is 374 g/mol. The summed E-state index contributed by atoms with van der Waals surface area (Å²) in [4.78, 5) is 0. The Balaban J connectivity index is 2.66. The topological polar surface area (TPSA) is 68.3 Å². The molecule has 0 saturated heterocycles. The van der Waals surface area contributed by atoms with Gasteiger partial charge >= 0.3 is 0 Å². The molecule has 4 nitrogen and oxygen atoms in total. The van der Waals surface area contributed by atoms with Gasteiger partial charge in [0.05, 0.1) is 19.2 Å². The first-order valence-corrected chi connectivity index (χ1v) is 9.27. The van der Waals surface area contributed by atoms with E-state index in [0.717, 1.165) is 47.3 Å². The lowest BCUT2D eigenvalue weighted by Crippen LogP contribution is -2.04. The fourth-order valence-corrected chi connectivity index (χ4v) is 3.51. The molecule has 0 spiro atoms. The summed E-state index contributed by atoms with van der Waals surface area (Å²) in [7, 11) is 3.24. The molecule has 0 bridgehead atoms. The molecular weight excluding hydrogens is 348 g/mol. The SMILES string of the molecule is CCCC(=N)c1ccc(-c2c(Cl)c(OC)cc(OC)c2CCC)cc1N. The Kier molecular flexibility index (Phi) is 6.92. The molecule has 0 amide bonds. The molecule has 0 aliphatic heterocycles. The molecule has 0 heterocycles. The number of rotatable bonds is 8. The highest BCUT2D eigenvalue weighted by atomic mass is 35.5. The summed E-state index contributed by atoms with van der Waals surface area (Å²) in [5.74, 6) is 1.32. The van der Waals surface area contributed by atoms with Crippen LogP contribution in [0.1, 0.15) is 44.2 Å². The highest BCUT2D eigenvalue weighted by Gasteiger charge is 2.20. The van der Waals surface area contributed by atoms with Crippen molar-refractivity contribution in [1.82, 2.24) is 0 Å². The second-order valence-corrected chi connectivity index (χ2v) is 6.61. The maximum Gasteiger partial charge on any atom is 0.141 e.